The van der Waals surface area contributed by atoms with Crippen molar-refractivity contribution in [3.63, 3.8) is 0 Å². The van der Waals surface area contributed by atoms with Crippen molar-refractivity contribution in [3.05, 3.63) is 29.3 Å². The second-order valence-electron chi connectivity index (χ2n) is 5.17. The van der Waals surface area contributed by atoms with E-state index in [1.807, 2.05) is 0 Å². The molecule has 1 atom stereocenters. The van der Waals surface area contributed by atoms with E-state index in [0.29, 0.717) is 12.6 Å². The normalized spacial score (nSPS) is 19.6. The van der Waals surface area contributed by atoms with Gasteiger partial charge in [0.1, 0.15) is 0 Å². The first-order valence-electron chi connectivity index (χ1n) is 6.62. The van der Waals surface area contributed by atoms with E-state index in [4.69, 9.17) is 5.26 Å². The zero-order valence-electron chi connectivity index (χ0n) is 11.2. The summed E-state index contributed by atoms with van der Waals surface area (Å²) in [6.45, 7) is 6.86. The summed E-state index contributed by atoms with van der Waals surface area (Å²) in [5, 5.41) is 11.9. The minimum absolute atomic E-state index is 0.444. The summed E-state index contributed by atoms with van der Waals surface area (Å²) in [5.41, 5.74) is 3.95. The van der Waals surface area contributed by atoms with E-state index in [0.717, 1.165) is 13.1 Å². The number of nitrogens with zero attached hydrogens (tertiary/aromatic N) is 2. The number of nitriles is 1. The number of piperidine rings is 1. The lowest BCUT2D eigenvalue weighted by atomic mass is 10.0. The number of nitrogens with one attached hydrogen (secondary N) is 1. The molecule has 0 radical (unpaired) electrons. The average molecular weight is 243 g/mol. The van der Waals surface area contributed by atoms with Gasteiger partial charge in [-0.25, -0.2) is 0 Å². The maximum absolute atomic E-state index is 8.63. The van der Waals surface area contributed by atoms with Crippen molar-refractivity contribution in [1.82, 2.24) is 5.32 Å². The van der Waals surface area contributed by atoms with E-state index in [9.17, 15) is 0 Å². The zero-order chi connectivity index (χ0) is 13.0. The van der Waals surface area contributed by atoms with Gasteiger partial charge in [0.25, 0.3) is 0 Å². The molecule has 0 aromatic heterocycles. The van der Waals surface area contributed by atoms with Crippen LogP contribution in [0.25, 0.3) is 0 Å². The average Bonchev–Trinajstić information content (AvgIpc) is 2.35. The molecular weight excluding hydrogens is 222 g/mol. The van der Waals surface area contributed by atoms with Crippen molar-refractivity contribution in [1.29, 1.82) is 5.26 Å². The molecule has 2 rings (SSSR count). The van der Waals surface area contributed by atoms with Gasteiger partial charge in [-0.3, -0.25) is 5.32 Å². The van der Waals surface area contributed by atoms with Crippen LogP contribution >= 0.6 is 0 Å². The van der Waals surface area contributed by atoms with E-state index in [1.54, 1.807) is 0 Å². The molecule has 0 amide bonds. The van der Waals surface area contributed by atoms with Gasteiger partial charge >= 0.3 is 0 Å². The summed E-state index contributed by atoms with van der Waals surface area (Å²) < 4.78 is 0. The van der Waals surface area contributed by atoms with Crippen molar-refractivity contribution >= 4 is 5.69 Å². The molecule has 1 N–H and O–H groups in total. The first-order chi connectivity index (χ1) is 8.69. The van der Waals surface area contributed by atoms with Crippen molar-refractivity contribution in [3.8, 4) is 6.07 Å². The Balaban J connectivity index is 2.06. The number of aryl methyl sites for hydroxylation is 2. The molecule has 3 nitrogen and oxygen atoms in total. The lowest BCUT2D eigenvalue weighted by Crippen LogP contribution is -2.45. The van der Waals surface area contributed by atoms with Crippen LogP contribution in [0.4, 0.5) is 5.69 Å². The van der Waals surface area contributed by atoms with Crippen LogP contribution in [0, 0.1) is 25.2 Å². The van der Waals surface area contributed by atoms with Crippen molar-refractivity contribution in [2.75, 3.05) is 24.5 Å². The molecule has 0 aliphatic carbocycles. The summed E-state index contributed by atoms with van der Waals surface area (Å²) in [7, 11) is 0. The van der Waals surface area contributed by atoms with Crippen molar-refractivity contribution in [2.45, 2.75) is 32.7 Å². The molecule has 1 heterocycles. The van der Waals surface area contributed by atoms with Gasteiger partial charge in [-0.2, -0.15) is 5.26 Å². The van der Waals surface area contributed by atoms with E-state index in [-0.39, 0.29) is 0 Å². The maximum Gasteiger partial charge on any atom is 0.0843 e. The van der Waals surface area contributed by atoms with Crippen LogP contribution in [0.2, 0.25) is 0 Å². The third-order valence-electron chi connectivity index (χ3n) is 3.46. The van der Waals surface area contributed by atoms with Gasteiger partial charge in [0, 0.05) is 24.8 Å². The molecule has 18 heavy (non-hydrogen) atoms. The third-order valence-corrected chi connectivity index (χ3v) is 3.46. The molecule has 0 bridgehead atoms. The maximum atomic E-state index is 8.63. The highest BCUT2D eigenvalue weighted by Crippen LogP contribution is 2.22. The zero-order valence-corrected chi connectivity index (χ0v) is 11.2. The van der Waals surface area contributed by atoms with E-state index in [2.05, 4.69) is 48.3 Å². The van der Waals surface area contributed by atoms with E-state index in [1.165, 1.54) is 29.7 Å². The van der Waals surface area contributed by atoms with Crippen LogP contribution in [0.5, 0.6) is 0 Å². The minimum Gasteiger partial charge on any atom is -0.370 e. The Morgan fingerprint density at radius 1 is 1.33 bits per heavy atom. The topological polar surface area (TPSA) is 39.1 Å². The Morgan fingerprint density at radius 3 is 2.72 bits per heavy atom. The molecule has 1 aromatic rings. The Labute approximate surface area is 109 Å². The van der Waals surface area contributed by atoms with Gasteiger partial charge in [0.15, 0.2) is 0 Å². The number of benzene rings is 1. The number of hydrogen-bond acceptors (Lipinski definition) is 3. The van der Waals surface area contributed by atoms with Crippen LogP contribution in [0.15, 0.2) is 18.2 Å². The lowest BCUT2D eigenvalue weighted by molar-refractivity contribution is 0.439. The molecule has 1 unspecified atom stereocenters. The second kappa shape index (κ2) is 5.88. The second-order valence-corrected chi connectivity index (χ2v) is 5.17. The highest BCUT2D eigenvalue weighted by atomic mass is 15.2. The Bertz CT molecular complexity index is 427. The van der Waals surface area contributed by atoms with Crippen LogP contribution in [-0.4, -0.2) is 25.7 Å². The summed E-state index contributed by atoms with van der Waals surface area (Å²) in [6, 6.07) is 9.31. The Kier molecular flexibility index (Phi) is 4.22. The fraction of sp³-hybridized carbons (Fsp3) is 0.533. The smallest absolute Gasteiger partial charge is 0.0843 e. The highest BCUT2D eigenvalue weighted by Gasteiger charge is 2.19. The molecule has 1 aliphatic heterocycles. The molecule has 1 fully saturated rings. The predicted molar refractivity (Wildman–Crippen MR) is 74.8 cm³/mol. The highest BCUT2D eigenvalue weighted by molar-refractivity contribution is 5.51. The summed E-state index contributed by atoms with van der Waals surface area (Å²) in [4.78, 5) is 2.43. The van der Waals surface area contributed by atoms with Crippen LogP contribution in [0.3, 0.4) is 0 Å². The van der Waals surface area contributed by atoms with Gasteiger partial charge in [-0.1, -0.05) is 6.07 Å². The number of hydrogen-bond donors (Lipinski definition) is 1. The van der Waals surface area contributed by atoms with Gasteiger partial charge in [0.05, 0.1) is 12.6 Å². The predicted octanol–water partition coefficient (Wildman–Crippen LogP) is 2.39. The lowest BCUT2D eigenvalue weighted by Gasteiger charge is -2.35. The Hall–Kier alpha value is -1.53. The SMILES string of the molecule is Cc1cc(C)cc(N2CCCC(NCC#N)C2)c1. The first-order valence-corrected chi connectivity index (χ1v) is 6.62. The fourth-order valence-corrected chi connectivity index (χ4v) is 2.70. The quantitative estimate of drug-likeness (QED) is 0.828. The summed E-state index contributed by atoms with van der Waals surface area (Å²) in [6.07, 6.45) is 2.36. The third kappa shape index (κ3) is 3.24. The fourth-order valence-electron chi connectivity index (χ4n) is 2.70. The summed E-state index contributed by atoms with van der Waals surface area (Å²) >= 11 is 0. The van der Waals surface area contributed by atoms with Gasteiger partial charge < -0.3 is 4.90 Å². The molecule has 96 valence electrons. The monoisotopic (exact) mass is 243 g/mol. The summed E-state index contributed by atoms with van der Waals surface area (Å²) in [5.74, 6) is 0. The van der Waals surface area contributed by atoms with Gasteiger partial charge in [-0.15, -0.1) is 0 Å². The number of anilines is 1. The number of rotatable bonds is 3. The van der Waals surface area contributed by atoms with Crippen LogP contribution < -0.4 is 10.2 Å². The van der Waals surface area contributed by atoms with Gasteiger partial charge in [0.2, 0.25) is 0 Å². The Morgan fingerprint density at radius 2 is 2.06 bits per heavy atom. The van der Waals surface area contributed by atoms with Gasteiger partial charge in [-0.05, 0) is 49.9 Å². The van der Waals surface area contributed by atoms with E-state index >= 15 is 0 Å². The molecular formula is C15H21N3. The van der Waals surface area contributed by atoms with Crippen LogP contribution in [-0.2, 0) is 0 Å². The van der Waals surface area contributed by atoms with Crippen LogP contribution in [0.1, 0.15) is 24.0 Å². The first kappa shape index (κ1) is 12.9. The molecule has 1 saturated heterocycles. The van der Waals surface area contributed by atoms with Crippen molar-refractivity contribution in [2.24, 2.45) is 0 Å². The molecule has 0 saturated carbocycles. The molecule has 3 heteroatoms. The molecule has 1 aliphatic rings. The standard InChI is InChI=1S/C15H21N3/c1-12-8-13(2)10-15(9-12)18-7-3-4-14(11-18)17-6-5-16/h8-10,14,17H,3-4,6-7,11H2,1-2H3. The minimum atomic E-state index is 0.444. The largest absolute Gasteiger partial charge is 0.370 e. The van der Waals surface area contributed by atoms with E-state index < -0.39 is 0 Å². The molecule has 0 spiro atoms. The van der Waals surface area contributed by atoms with Crippen molar-refractivity contribution < 1.29 is 0 Å². The molecule has 1 aromatic carbocycles.